The number of ether oxygens (including phenoxy) is 3. The summed E-state index contributed by atoms with van der Waals surface area (Å²) in [5, 5.41) is 2.49. The Balaban J connectivity index is 2.64. The van der Waals surface area contributed by atoms with E-state index in [2.05, 4.69) is 26.0 Å². The zero-order valence-electron chi connectivity index (χ0n) is 13.4. The molecule has 0 fully saturated rings. The van der Waals surface area contributed by atoms with E-state index in [0.717, 1.165) is 13.2 Å². The zero-order chi connectivity index (χ0) is 17.6. The molecule has 128 valence electrons. The monoisotopic (exact) mass is 391 g/mol. The van der Waals surface area contributed by atoms with E-state index in [1.54, 1.807) is 20.8 Å². The summed E-state index contributed by atoms with van der Waals surface area (Å²) >= 11 is 3.12. The molecule has 1 aromatic carbocycles. The van der Waals surface area contributed by atoms with Gasteiger partial charge in [-0.15, -0.1) is 0 Å². The summed E-state index contributed by atoms with van der Waals surface area (Å²) in [5.41, 5.74) is -0.899. The smallest absolute Gasteiger partial charge is 0.407 e. The predicted molar refractivity (Wildman–Crippen MR) is 85.2 cm³/mol. The average Bonchev–Trinajstić information content (AvgIpc) is 2.40. The van der Waals surface area contributed by atoms with Crippen LogP contribution in [0.25, 0.3) is 0 Å². The molecule has 0 unspecified atom stereocenters. The third kappa shape index (κ3) is 6.43. The fourth-order valence-corrected chi connectivity index (χ4v) is 2.00. The number of halogens is 2. The van der Waals surface area contributed by atoms with Crippen molar-refractivity contribution in [1.29, 1.82) is 0 Å². The first-order chi connectivity index (χ1) is 10.6. The van der Waals surface area contributed by atoms with Gasteiger partial charge in [0.05, 0.1) is 13.7 Å². The van der Waals surface area contributed by atoms with Crippen LogP contribution >= 0.6 is 15.9 Å². The molecule has 0 saturated carbocycles. The Labute approximate surface area is 142 Å². The van der Waals surface area contributed by atoms with Gasteiger partial charge in [-0.2, -0.15) is 0 Å². The van der Waals surface area contributed by atoms with E-state index in [1.807, 2.05) is 0 Å². The van der Waals surface area contributed by atoms with Crippen molar-refractivity contribution < 1.29 is 28.2 Å². The van der Waals surface area contributed by atoms with E-state index in [-0.39, 0.29) is 24.5 Å². The summed E-state index contributed by atoms with van der Waals surface area (Å²) in [4.78, 5) is 23.1. The molecule has 0 spiro atoms. The SMILES string of the molecule is COC(=O)c1c(F)cc(Br)cc1OCCNC(=O)OC(C)(C)C. The van der Waals surface area contributed by atoms with Crippen LogP contribution < -0.4 is 10.1 Å². The number of hydrogen-bond acceptors (Lipinski definition) is 5. The van der Waals surface area contributed by atoms with E-state index in [0.29, 0.717) is 4.47 Å². The minimum Gasteiger partial charge on any atom is -0.491 e. The summed E-state index contributed by atoms with van der Waals surface area (Å²) in [6.07, 6.45) is -0.588. The molecule has 0 heterocycles. The van der Waals surface area contributed by atoms with Crippen molar-refractivity contribution in [2.24, 2.45) is 0 Å². The molecule has 6 nitrogen and oxygen atoms in total. The van der Waals surface area contributed by atoms with Crippen molar-refractivity contribution in [2.75, 3.05) is 20.3 Å². The Bertz CT molecular complexity index is 586. The number of rotatable bonds is 5. The van der Waals surface area contributed by atoms with E-state index in [9.17, 15) is 14.0 Å². The number of benzene rings is 1. The van der Waals surface area contributed by atoms with Crippen LogP contribution in [0.5, 0.6) is 5.75 Å². The summed E-state index contributed by atoms with van der Waals surface area (Å²) in [5.74, 6) is -1.58. The quantitative estimate of drug-likeness (QED) is 0.615. The van der Waals surface area contributed by atoms with Gasteiger partial charge in [-0.3, -0.25) is 0 Å². The van der Waals surface area contributed by atoms with Crippen LogP contribution in [-0.2, 0) is 9.47 Å². The second kappa shape index (κ2) is 8.14. The van der Waals surface area contributed by atoms with Crippen LogP contribution in [0.4, 0.5) is 9.18 Å². The van der Waals surface area contributed by atoms with Crippen LogP contribution in [0.2, 0.25) is 0 Å². The normalized spacial score (nSPS) is 10.9. The summed E-state index contributed by atoms with van der Waals surface area (Å²) in [6, 6.07) is 2.58. The molecule has 1 amide bonds. The molecule has 23 heavy (non-hydrogen) atoms. The second-order valence-corrected chi connectivity index (χ2v) is 6.45. The first-order valence-electron chi connectivity index (χ1n) is 6.81. The lowest BCUT2D eigenvalue weighted by Crippen LogP contribution is -2.34. The van der Waals surface area contributed by atoms with Crippen LogP contribution in [0.1, 0.15) is 31.1 Å². The van der Waals surface area contributed by atoms with Crippen molar-refractivity contribution in [3.8, 4) is 5.75 Å². The number of esters is 1. The van der Waals surface area contributed by atoms with Crippen molar-refractivity contribution in [3.05, 3.63) is 28.0 Å². The van der Waals surface area contributed by atoms with E-state index < -0.39 is 23.5 Å². The number of hydrogen-bond donors (Lipinski definition) is 1. The van der Waals surface area contributed by atoms with Gasteiger partial charge in [0.2, 0.25) is 0 Å². The Morgan fingerprint density at radius 2 is 1.96 bits per heavy atom. The number of alkyl carbamates (subject to hydrolysis) is 1. The van der Waals surface area contributed by atoms with Crippen LogP contribution in [0.3, 0.4) is 0 Å². The Morgan fingerprint density at radius 1 is 1.30 bits per heavy atom. The molecular weight excluding hydrogens is 373 g/mol. The first kappa shape index (κ1) is 19.2. The fourth-order valence-electron chi connectivity index (χ4n) is 1.59. The number of nitrogens with one attached hydrogen (secondary N) is 1. The molecule has 0 radical (unpaired) electrons. The van der Waals surface area contributed by atoms with Crippen molar-refractivity contribution >= 4 is 28.0 Å². The maximum Gasteiger partial charge on any atom is 0.407 e. The van der Waals surface area contributed by atoms with E-state index >= 15 is 0 Å². The predicted octanol–water partition coefficient (Wildman–Crippen LogP) is 3.28. The van der Waals surface area contributed by atoms with Crippen LogP contribution in [0.15, 0.2) is 16.6 Å². The molecule has 1 aromatic rings. The Hall–Kier alpha value is -1.83. The van der Waals surface area contributed by atoms with Gasteiger partial charge >= 0.3 is 12.1 Å². The first-order valence-corrected chi connectivity index (χ1v) is 7.60. The number of carbonyl (C=O) groups excluding carboxylic acids is 2. The van der Waals surface area contributed by atoms with Gasteiger partial charge in [-0.25, -0.2) is 14.0 Å². The number of amides is 1. The topological polar surface area (TPSA) is 73.9 Å². The minimum atomic E-state index is -0.842. The number of carbonyl (C=O) groups is 2. The minimum absolute atomic E-state index is 0.0229. The summed E-state index contributed by atoms with van der Waals surface area (Å²) in [7, 11) is 1.15. The van der Waals surface area contributed by atoms with Gasteiger partial charge in [0.15, 0.2) is 0 Å². The molecule has 0 aliphatic rings. The van der Waals surface area contributed by atoms with Gasteiger partial charge in [-0.05, 0) is 32.9 Å². The van der Waals surface area contributed by atoms with Crippen LogP contribution in [0, 0.1) is 5.82 Å². The Morgan fingerprint density at radius 3 is 2.52 bits per heavy atom. The lowest BCUT2D eigenvalue weighted by molar-refractivity contribution is 0.0515. The average molecular weight is 392 g/mol. The fraction of sp³-hybridized carbons (Fsp3) is 0.467. The van der Waals surface area contributed by atoms with Gasteiger partial charge in [0.1, 0.15) is 29.3 Å². The zero-order valence-corrected chi connectivity index (χ0v) is 15.0. The summed E-state index contributed by atoms with van der Waals surface area (Å²) < 4.78 is 29.2. The molecular formula is C15H19BrFNO5. The van der Waals surface area contributed by atoms with Crippen LogP contribution in [-0.4, -0.2) is 37.9 Å². The maximum atomic E-state index is 13.9. The number of methoxy groups -OCH3 is 1. The molecule has 0 atom stereocenters. The van der Waals surface area contributed by atoms with Crippen molar-refractivity contribution in [1.82, 2.24) is 5.32 Å². The lowest BCUT2D eigenvalue weighted by Gasteiger charge is -2.19. The third-order valence-electron chi connectivity index (χ3n) is 2.44. The van der Waals surface area contributed by atoms with Gasteiger partial charge < -0.3 is 19.5 Å². The highest BCUT2D eigenvalue weighted by atomic mass is 79.9. The molecule has 0 aliphatic heterocycles. The Kier molecular flexibility index (Phi) is 6.80. The lowest BCUT2D eigenvalue weighted by atomic mass is 10.2. The van der Waals surface area contributed by atoms with E-state index in [1.165, 1.54) is 6.07 Å². The highest BCUT2D eigenvalue weighted by Crippen LogP contribution is 2.27. The van der Waals surface area contributed by atoms with Crippen molar-refractivity contribution in [2.45, 2.75) is 26.4 Å². The molecule has 0 aliphatic carbocycles. The molecule has 0 bridgehead atoms. The second-order valence-electron chi connectivity index (χ2n) is 5.53. The largest absolute Gasteiger partial charge is 0.491 e. The molecule has 0 saturated heterocycles. The van der Waals surface area contributed by atoms with Gasteiger partial charge in [0, 0.05) is 4.47 Å². The van der Waals surface area contributed by atoms with Gasteiger partial charge in [-0.1, -0.05) is 15.9 Å². The third-order valence-corrected chi connectivity index (χ3v) is 2.89. The summed E-state index contributed by atoms with van der Waals surface area (Å²) in [6.45, 7) is 5.39. The van der Waals surface area contributed by atoms with Gasteiger partial charge in [0.25, 0.3) is 0 Å². The highest BCUT2D eigenvalue weighted by molar-refractivity contribution is 9.10. The molecule has 1 N–H and O–H groups in total. The molecule has 8 heteroatoms. The highest BCUT2D eigenvalue weighted by Gasteiger charge is 2.20. The van der Waals surface area contributed by atoms with E-state index in [4.69, 9.17) is 9.47 Å². The molecule has 0 aromatic heterocycles. The maximum absolute atomic E-state index is 13.9. The van der Waals surface area contributed by atoms with Crippen molar-refractivity contribution in [3.63, 3.8) is 0 Å². The standard InChI is InChI=1S/C15H19BrFNO5/c1-15(2,3)23-14(20)18-5-6-22-11-8-9(16)7-10(17)12(11)13(19)21-4/h7-8H,5-6H2,1-4H3,(H,18,20). The molecule has 1 rings (SSSR count).